The lowest BCUT2D eigenvalue weighted by Gasteiger charge is -2.33. The Kier molecular flexibility index (Phi) is 8.64. The number of hydrogen-bond donors (Lipinski definition) is 0. The molecule has 1 aromatic carbocycles. The molecule has 23 heavy (non-hydrogen) atoms. The molecule has 0 bridgehead atoms. The highest BCUT2D eigenvalue weighted by molar-refractivity contribution is 5.85. The van der Waals surface area contributed by atoms with Crippen LogP contribution in [0.15, 0.2) is 30.3 Å². The number of carbonyl (C=O) groups excluding carboxylic acids is 1. The SMILES string of the molecule is CN(C)CCN(C)C(=O)C(c1ccccc1)C1CCCCC1.Cl. The molecule has 2 rings (SSSR count). The van der Waals surface area contributed by atoms with E-state index in [4.69, 9.17) is 0 Å². The Morgan fingerprint density at radius 3 is 2.22 bits per heavy atom. The van der Waals surface area contributed by atoms with Gasteiger partial charge in [-0.25, -0.2) is 0 Å². The zero-order valence-corrected chi connectivity index (χ0v) is 15.5. The van der Waals surface area contributed by atoms with Crippen molar-refractivity contribution in [1.82, 2.24) is 9.80 Å². The van der Waals surface area contributed by atoms with Crippen molar-refractivity contribution in [2.75, 3.05) is 34.2 Å². The van der Waals surface area contributed by atoms with Crippen molar-refractivity contribution in [2.24, 2.45) is 5.92 Å². The molecule has 1 aromatic rings. The summed E-state index contributed by atoms with van der Waals surface area (Å²) in [6.45, 7) is 1.70. The van der Waals surface area contributed by atoms with E-state index >= 15 is 0 Å². The molecular formula is C19H31ClN2O. The number of carbonyl (C=O) groups is 1. The van der Waals surface area contributed by atoms with Crippen molar-refractivity contribution >= 4 is 18.3 Å². The van der Waals surface area contributed by atoms with Gasteiger partial charge in [-0.1, -0.05) is 49.6 Å². The summed E-state index contributed by atoms with van der Waals surface area (Å²) < 4.78 is 0. The van der Waals surface area contributed by atoms with Gasteiger partial charge in [0.2, 0.25) is 5.91 Å². The van der Waals surface area contributed by atoms with E-state index in [0.717, 1.165) is 13.1 Å². The molecule has 1 aliphatic rings. The zero-order chi connectivity index (χ0) is 15.9. The molecule has 3 nitrogen and oxygen atoms in total. The number of likely N-dealkylation sites (N-methyl/N-ethyl adjacent to an activating group) is 2. The number of rotatable bonds is 6. The highest BCUT2D eigenvalue weighted by atomic mass is 35.5. The summed E-state index contributed by atoms with van der Waals surface area (Å²) in [5.41, 5.74) is 1.19. The Bertz CT molecular complexity index is 458. The van der Waals surface area contributed by atoms with E-state index in [9.17, 15) is 4.79 Å². The molecule has 0 spiro atoms. The van der Waals surface area contributed by atoms with E-state index < -0.39 is 0 Å². The monoisotopic (exact) mass is 338 g/mol. The molecule has 0 radical (unpaired) electrons. The lowest BCUT2D eigenvalue weighted by atomic mass is 9.76. The maximum absolute atomic E-state index is 13.1. The molecule has 1 atom stereocenters. The van der Waals surface area contributed by atoms with Crippen molar-refractivity contribution in [3.63, 3.8) is 0 Å². The van der Waals surface area contributed by atoms with Gasteiger partial charge < -0.3 is 9.80 Å². The fraction of sp³-hybridized carbons (Fsp3) is 0.632. The van der Waals surface area contributed by atoms with Crippen LogP contribution in [0, 0.1) is 5.92 Å². The normalized spacial score (nSPS) is 16.7. The summed E-state index contributed by atoms with van der Waals surface area (Å²) in [7, 11) is 6.05. The van der Waals surface area contributed by atoms with Gasteiger partial charge in [0.1, 0.15) is 0 Å². The van der Waals surface area contributed by atoms with Gasteiger partial charge in [-0.3, -0.25) is 4.79 Å². The Labute approximate surface area is 147 Å². The number of nitrogens with zero attached hydrogens (tertiary/aromatic N) is 2. The summed E-state index contributed by atoms with van der Waals surface area (Å²) in [5, 5.41) is 0. The van der Waals surface area contributed by atoms with E-state index in [1.54, 1.807) is 0 Å². The van der Waals surface area contributed by atoms with Crippen molar-refractivity contribution in [3.05, 3.63) is 35.9 Å². The molecule has 1 aliphatic carbocycles. The largest absolute Gasteiger partial charge is 0.344 e. The Hall–Kier alpha value is -1.06. The first-order valence-corrected chi connectivity index (χ1v) is 8.54. The minimum atomic E-state index is 0. The average Bonchev–Trinajstić information content (AvgIpc) is 2.54. The second-order valence-corrected chi connectivity index (χ2v) is 6.85. The maximum Gasteiger partial charge on any atom is 0.230 e. The first-order chi connectivity index (χ1) is 10.6. The first kappa shape index (κ1) is 20.0. The second-order valence-electron chi connectivity index (χ2n) is 6.85. The third-order valence-corrected chi connectivity index (χ3v) is 4.80. The predicted molar refractivity (Wildman–Crippen MR) is 99.2 cm³/mol. The molecule has 130 valence electrons. The van der Waals surface area contributed by atoms with E-state index in [1.165, 1.54) is 37.7 Å². The van der Waals surface area contributed by atoms with Crippen LogP contribution in [0.5, 0.6) is 0 Å². The van der Waals surface area contributed by atoms with Crippen LogP contribution in [0.2, 0.25) is 0 Å². The maximum atomic E-state index is 13.1. The fourth-order valence-corrected chi connectivity index (χ4v) is 3.44. The molecule has 0 N–H and O–H groups in total. The third kappa shape index (κ3) is 5.82. The van der Waals surface area contributed by atoms with Gasteiger partial charge in [0.05, 0.1) is 5.92 Å². The van der Waals surface area contributed by atoms with E-state index in [-0.39, 0.29) is 18.3 Å². The molecule has 1 amide bonds. The highest BCUT2D eigenvalue weighted by Crippen LogP contribution is 2.37. The van der Waals surface area contributed by atoms with E-state index in [0.29, 0.717) is 11.8 Å². The molecular weight excluding hydrogens is 308 g/mol. The quantitative estimate of drug-likeness (QED) is 0.787. The van der Waals surface area contributed by atoms with Crippen LogP contribution in [0.1, 0.15) is 43.6 Å². The second kappa shape index (κ2) is 9.94. The van der Waals surface area contributed by atoms with Crippen molar-refractivity contribution in [3.8, 4) is 0 Å². The minimum Gasteiger partial charge on any atom is -0.344 e. The van der Waals surface area contributed by atoms with Crippen LogP contribution < -0.4 is 0 Å². The molecule has 0 heterocycles. The van der Waals surface area contributed by atoms with Gasteiger partial charge >= 0.3 is 0 Å². The summed E-state index contributed by atoms with van der Waals surface area (Å²) in [6, 6.07) is 10.4. The van der Waals surface area contributed by atoms with E-state index in [1.807, 2.05) is 32.1 Å². The Morgan fingerprint density at radius 1 is 1.04 bits per heavy atom. The summed E-state index contributed by atoms with van der Waals surface area (Å²) in [5.74, 6) is 0.832. The van der Waals surface area contributed by atoms with Crippen LogP contribution in [-0.2, 0) is 4.79 Å². The van der Waals surface area contributed by atoms with Crippen molar-refractivity contribution in [1.29, 1.82) is 0 Å². The number of benzene rings is 1. The van der Waals surface area contributed by atoms with Crippen molar-refractivity contribution < 1.29 is 4.79 Å². The first-order valence-electron chi connectivity index (χ1n) is 8.54. The van der Waals surface area contributed by atoms with Gasteiger partial charge in [-0.2, -0.15) is 0 Å². The van der Waals surface area contributed by atoms with Gasteiger partial charge in [0, 0.05) is 20.1 Å². The molecule has 1 fully saturated rings. The standard InChI is InChI=1S/C19H30N2O.ClH/c1-20(2)14-15-21(3)19(22)18(16-10-6-4-7-11-16)17-12-8-5-9-13-17;/h4,6-7,10-11,17-18H,5,8-9,12-15H2,1-3H3;1H. The lowest BCUT2D eigenvalue weighted by Crippen LogP contribution is -2.39. The topological polar surface area (TPSA) is 23.6 Å². The number of amides is 1. The average molecular weight is 339 g/mol. The Balaban J connectivity index is 0.00000264. The van der Waals surface area contributed by atoms with Gasteiger partial charge in [-0.05, 0) is 38.4 Å². The highest BCUT2D eigenvalue weighted by Gasteiger charge is 2.32. The lowest BCUT2D eigenvalue weighted by molar-refractivity contribution is -0.133. The molecule has 0 aromatic heterocycles. The summed E-state index contributed by atoms with van der Waals surface area (Å²) in [6.07, 6.45) is 6.23. The number of hydrogen-bond acceptors (Lipinski definition) is 2. The third-order valence-electron chi connectivity index (χ3n) is 4.80. The summed E-state index contributed by atoms with van der Waals surface area (Å²) >= 11 is 0. The predicted octanol–water partition coefficient (Wildman–Crippen LogP) is 3.79. The molecule has 1 unspecified atom stereocenters. The van der Waals surface area contributed by atoms with Crippen LogP contribution in [-0.4, -0.2) is 49.9 Å². The molecule has 0 aliphatic heterocycles. The van der Waals surface area contributed by atoms with Gasteiger partial charge in [0.15, 0.2) is 0 Å². The van der Waals surface area contributed by atoms with Gasteiger partial charge in [-0.15, -0.1) is 12.4 Å². The molecule has 0 saturated heterocycles. The smallest absolute Gasteiger partial charge is 0.230 e. The van der Waals surface area contributed by atoms with Crippen LogP contribution in [0.25, 0.3) is 0 Å². The van der Waals surface area contributed by atoms with Crippen molar-refractivity contribution in [2.45, 2.75) is 38.0 Å². The zero-order valence-electron chi connectivity index (χ0n) is 14.7. The van der Waals surface area contributed by atoms with Gasteiger partial charge in [0.25, 0.3) is 0 Å². The molecule has 4 heteroatoms. The molecule has 1 saturated carbocycles. The van der Waals surface area contributed by atoms with Crippen LogP contribution in [0.4, 0.5) is 0 Å². The number of halogens is 1. The van der Waals surface area contributed by atoms with Crippen LogP contribution in [0.3, 0.4) is 0 Å². The van der Waals surface area contributed by atoms with E-state index in [2.05, 4.69) is 29.2 Å². The Morgan fingerprint density at radius 2 is 1.65 bits per heavy atom. The van der Waals surface area contributed by atoms with Crippen LogP contribution >= 0.6 is 12.4 Å². The summed E-state index contributed by atoms with van der Waals surface area (Å²) in [4.78, 5) is 17.1. The fourth-order valence-electron chi connectivity index (χ4n) is 3.44. The minimum absolute atomic E-state index is 0.